The molecule has 2 unspecified atom stereocenters. The molecule has 0 amide bonds. The first kappa shape index (κ1) is 16.8. The van der Waals surface area contributed by atoms with Crippen LogP contribution in [0.4, 0.5) is 0 Å². The first-order valence-corrected chi connectivity index (χ1v) is 10.9. The lowest BCUT2D eigenvalue weighted by Crippen LogP contribution is -2.52. The van der Waals surface area contributed by atoms with E-state index in [0.717, 1.165) is 38.5 Å². The van der Waals surface area contributed by atoms with Gasteiger partial charge in [-0.3, -0.25) is 0 Å². The van der Waals surface area contributed by atoms with E-state index >= 15 is 0 Å². The molecule has 2 saturated carbocycles. The summed E-state index contributed by atoms with van der Waals surface area (Å²) in [6.07, 6.45) is 10.4. The Hall–Kier alpha value is -1.37. The van der Waals surface area contributed by atoms with E-state index in [1.165, 1.54) is 11.1 Å². The molecule has 5 nitrogen and oxygen atoms in total. The van der Waals surface area contributed by atoms with E-state index < -0.39 is 15.9 Å². The lowest BCUT2D eigenvalue weighted by Gasteiger charge is -2.56. The monoisotopic (exact) mass is 375 g/mol. The quantitative estimate of drug-likeness (QED) is 0.778. The van der Waals surface area contributed by atoms with Crippen LogP contribution < -0.4 is 9.32 Å². The minimum atomic E-state index is -4.00. The number of allylic oxidation sites excluding steroid dienone is 1. The third kappa shape index (κ3) is 1.95. The second-order valence-corrected chi connectivity index (χ2v) is 10.0. The van der Waals surface area contributed by atoms with Gasteiger partial charge in [-0.15, -0.1) is 0 Å². The van der Waals surface area contributed by atoms with E-state index in [2.05, 4.69) is 19.1 Å². The number of hydrogen-bond acceptors (Lipinski definition) is 4. The molecule has 26 heavy (non-hydrogen) atoms. The van der Waals surface area contributed by atoms with Gasteiger partial charge in [-0.1, -0.05) is 25.1 Å². The van der Waals surface area contributed by atoms with Gasteiger partial charge in [0.2, 0.25) is 0 Å². The van der Waals surface area contributed by atoms with Crippen molar-refractivity contribution in [3.63, 3.8) is 0 Å². The van der Waals surface area contributed by atoms with Crippen molar-refractivity contribution >= 4 is 10.3 Å². The van der Waals surface area contributed by atoms with Gasteiger partial charge in [0.15, 0.2) is 0 Å². The predicted octanol–water partition coefficient (Wildman–Crippen LogP) is 2.80. The lowest BCUT2D eigenvalue weighted by molar-refractivity contribution is -0.0870. The molecule has 1 aromatic rings. The normalized spacial score (nSPS) is 42.9. The summed E-state index contributed by atoms with van der Waals surface area (Å²) in [6, 6.07) is 5.56. The Morgan fingerprint density at radius 1 is 1.19 bits per heavy atom. The fraction of sp³-hybridized carbons (Fsp3) is 0.600. The Labute approximate surface area is 154 Å². The second-order valence-electron chi connectivity index (χ2n) is 8.86. The second kappa shape index (κ2) is 4.91. The topological polar surface area (TPSA) is 89.6 Å². The van der Waals surface area contributed by atoms with Gasteiger partial charge < -0.3 is 9.29 Å². The first-order chi connectivity index (χ1) is 12.2. The largest absolute Gasteiger partial charge is 0.385 e. The van der Waals surface area contributed by atoms with E-state index in [9.17, 15) is 13.5 Å². The van der Waals surface area contributed by atoms with Crippen molar-refractivity contribution in [3.8, 4) is 5.75 Å². The summed E-state index contributed by atoms with van der Waals surface area (Å²) in [7, 11) is -4.00. The summed E-state index contributed by atoms with van der Waals surface area (Å²) in [5, 5.41) is 16.1. The molecule has 0 aromatic heterocycles. The highest BCUT2D eigenvalue weighted by molar-refractivity contribution is 7.84. The molecule has 2 bridgehead atoms. The van der Waals surface area contributed by atoms with Crippen LogP contribution in [0, 0.1) is 16.7 Å². The smallest absolute Gasteiger partial charge is 0.380 e. The number of hydrogen-bond donors (Lipinski definition) is 2. The van der Waals surface area contributed by atoms with E-state index in [-0.39, 0.29) is 10.8 Å². The van der Waals surface area contributed by atoms with Gasteiger partial charge in [-0.25, -0.2) is 0 Å². The average Bonchev–Trinajstić information content (AvgIpc) is 2.94. The average molecular weight is 375 g/mol. The zero-order valence-electron chi connectivity index (χ0n) is 14.9. The minimum Gasteiger partial charge on any atom is -0.385 e. The summed E-state index contributed by atoms with van der Waals surface area (Å²) in [5.74, 6) is 1.28. The summed E-state index contributed by atoms with van der Waals surface area (Å²) in [4.78, 5) is 0. The fourth-order valence-corrected chi connectivity index (χ4v) is 7.21. The number of fused-ring (bicyclic) bond motifs is 3. The summed E-state index contributed by atoms with van der Waals surface area (Å²) < 4.78 is 27.3. The van der Waals surface area contributed by atoms with Crippen molar-refractivity contribution in [1.29, 1.82) is 0 Å². The number of benzene rings is 1. The van der Waals surface area contributed by atoms with Gasteiger partial charge in [-0.05, 0) is 73.6 Å². The molecule has 0 aliphatic heterocycles. The van der Waals surface area contributed by atoms with Gasteiger partial charge in [0, 0.05) is 10.8 Å². The van der Waals surface area contributed by atoms with Crippen LogP contribution in [-0.4, -0.2) is 19.1 Å². The highest BCUT2D eigenvalue weighted by Gasteiger charge is 2.70. The summed E-state index contributed by atoms with van der Waals surface area (Å²) >= 11 is 0. The number of aryl methyl sites for hydroxylation is 1. The van der Waals surface area contributed by atoms with Gasteiger partial charge in [-0.2, -0.15) is 13.6 Å². The standard InChI is InChI=1S/C20H25NO4S/c1-18-7-6-16-15-4-3-14(25-26(21,23)24)12-13(15)2-5-17(16)19(18)8-10-20(18,22)11-9-19/h3-4,8,10,12,16-17,22H,2,5-7,9,11H2,1H3,(H2,21,23,24)/t16?,17?,18-,19-,20-/m0/s1. The molecule has 0 saturated heterocycles. The van der Waals surface area contributed by atoms with Crippen molar-refractivity contribution in [1.82, 2.24) is 0 Å². The molecule has 0 radical (unpaired) electrons. The van der Waals surface area contributed by atoms with E-state index in [0.29, 0.717) is 17.6 Å². The molecule has 3 N–H and O–H groups in total. The van der Waals surface area contributed by atoms with Crippen LogP contribution in [0.25, 0.3) is 0 Å². The molecular formula is C20H25NO4S. The number of nitrogens with two attached hydrogens (primary N) is 1. The molecule has 1 aromatic carbocycles. The Balaban J connectivity index is 1.53. The van der Waals surface area contributed by atoms with Crippen LogP contribution >= 0.6 is 0 Å². The Morgan fingerprint density at radius 2 is 2.00 bits per heavy atom. The predicted molar refractivity (Wildman–Crippen MR) is 97.8 cm³/mol. The fourth-order valence-electron chi connectivity index (χ4n) is 6.83. The SMILES string of the molecule is C[C@]12CCC3c4ccc(OS(N)(=O)=O)cc4CCC3[C@@]13C=C[C@]2(O)CC3. The molecule has 5 rings (SSSR count). The van der Waals surface area contributed by atoms with Crippen molar-refractivity contribution in [3.05, 3.63) is 41.5 Å². The Bertz CT molecular complexity index is 926. The van der Waals surface area contributed by atoms with E-state index in [4.69, 9.17) is 9.32 Å². The van der Waals surface area contributed by atoms with Crippen LogP contribution in [0.3, 0.4) is 0 Å². The molecule has 140 valence electrons. The molecule has 0 spiro atoms. The van der Waals surface area contributed by atoms with Crippen molar-refractivity contribution in [2.45, 2.75) is 57.0 Å². The third-order valence-corrected chi connectivity index (χ3v) is 8.54. The van der Waals surface area contributed by atoms with Crippen LogP contribution in [0.5, 0.6) is 5.75 Å². The van der Waals surface area contributed by atoms with Crippen LogP contribution in [0.2, 0.25) is 0 Å². The highest BCUT2D eigenvalue weighted by Crippen LogP contribution is 2.74. The molecular weight excluding hydrogens is 350 g/mol. The maximum atomic E-state index is 11.2. The molecule has 2 fully saturated rings. The van der Waals surface area contributed by atoms with Gasteiger partial charge in [0.05, 0.1) is 5.60 Å². The molecule has 4 aliphatic rings. The van der Waals surface area contributed by atoms with Gasteiger partial charge >= 0.3 is 10.3 Å². The summed E-state index contributed by atoms with van der Waals surface area (Å²) in [5.41, 5.74) is 1.90. The van der Waals surface area contributed by atoms with Crippen LogP contribution in [-0.2, 0) is 16.7 Å². The zero-order chi connectivity index (χ0) is 18.4. The summed E-state index contributed by atoms with van der Waals surface area (Å²) in [6.45, 7) is 2.29. The first-order valence-electron chi connectivity index (χ1n) is 9.45. The van der Waals surface area contributed by atoms with Gasteiger partial charge in [0.25, 0.3) is 0 Å². The Kier molecular flexibility index (Phi) is 3.17. The maximum Gasteiger partial charge on any atom is 0.380 e. The number of rotatable bonds is 2. The van der Waals surface area contributed by atoms with Crippen molar-refractivity contribution in [2.75, 3.05) is 0 Å². The van der Waals surface area contributed by atoms with Crippen LogP contribution in [0.15, 0.2) is 30.4 Å². The highest BCUT2D eigenvalue weighted by atomic mass is 32.2. The molecule has 6 heteroatoms. The van der Waals surface area contributed by atoms with Crippen LogP contribution in [0.1, 0.15) is 56.1 Å². The maximum absolute atomic E-state index is 11.2. The third-order valence-electron chi connectivity index (χ3n) is 8.11. The van der Waals surface area contributed by atoms with E-state index in [1.807, 2.05) is 12.1 Å². The van der Waals surface area contributed by atoms with Crippen molar-refractivity contribution in [2.24, 2.45) is 21.9 Å². The van der Waals surface area contributed by atoms with Crippen molar-refractivity contribution < 1.29 is 17.7 Å². The minimum absolute atomic E-state index is 0.0463. The Morgan fingerprint density at radius 3 is 2.69 bits per heavy atom. The number of aliphatic hydroxyl groups is 1. The lowest BCUT2D eigenvalue weighted by atomic mass is 9.48. The van der Waals surface area contributed by atoms with Gasteiger partial charge in [0.1, 0.15) is 5.75 Å². The van der Waals surface area contributed by atoms with E-state index in [1.54, 1.807) is 6.07 Å². The molecule has 5 atom stereocenters. The zero-order valence-corrected chi connectivity index (χ0v) is 15.8. The molecule has 0 heterocycles. The molecule has 4 aliphatic carbocycles.